The third-order valence-electron chi connectivity index (χ3n) is 2.33. The van der Waals surface area contributed by atoms with E-state index < -0.39 is 6.09 Å². The Hall–Kier alpha value is -2.30. The second-order valence-corrected chi connectivity index (χ2v) is 3.94. The summed E-state index contributed by atoms with van der Waals surface area (Å²) in [7, 11) is 0. The minimum absolute atomic E-state index is 0.166. The summed E-state index contributed by atoms with van der Waals surface area (Å²) in [6, 6.07) is 7.27. The number of amides is 2. The summed E-state index contributed by atoms with van der Waals surface area (Å²) in [5.41, 5.74) is 1.70. The summed E-state index contributed by atoms with van der Waals surface area (Å²) in [5, 5.41) is 5.21. The summed E-state index contributed by atoms with van der Waals surface area (Å²) in [6.07, 6.45) is 0.961. The highest BCUT2D eigenvalue weighted by Gasteiger charge is 2.04. The van der Waals surface area contributed by atoms with Crippen LogP contribution in [0.5, 0.6) is 0 Å². The van der Waals surface area contributed by atoms with Crippen molar-refractivity contribution in [1.82, 2.24) is 10.6 Å². The van der Waals surface area contributed by atoms with Crippen LogP contribution in [-0.4, -0.2) is 31.7 Å². The van der Waals surface area contributed by atoms with Crippen LogP contribution in [0.3, 0.4) is 0 Å². The summed E-state index contributed by atoms with van der Waals surface area (Å²) >= 11 is 0. The summed E-state index contributed by atoms with van der Waals surface area (Å²) < 4.78 is 4.72. The molecule has 19 heavy (non-hydrogen) atoms. The van der Waals surface area contributed by atoms with Gasteiger partial charge in [0.25, 0.3) is 5.91 Å². The van der Waals surface area contributed by atoms with Gasteiger partial charge in [0.1, 0.15) is 6.61 Å². The number of carbonyl (C=O) groups excluding carboxylic acids is 2. The molecular weight excluding hydrogens is 244 g/mol. The molecule has 5 heteroatoms. The van der Waals surface area contributed by atoms with Crippen molar-refractivity contribution in [1.29, 1.82) is 0 Å². The Bertz CT molecular complexity index is 441. The van der Waals surface area contributed by atoms with E-state index in [1.807, 2.05) is 19.1 Å². The maximum atomic E-state index is 11.7. The fraction of sp³-hybridized carbons (Fsp3) is 0.286. The number of hydrogen-bond acceptors (Lipinski definition) is 3. The highest BCUT2D eigenvalue weighted by atomic mass is 16.5. The van der Waals surface area contributed by atoms with Crippen molar-refractivity contribution in [2.24, 2.45) is 0 Å². The maximum Gasteiger partial charge on any atom is 0.407 e. The zero-order chi connectivity index (χ0) is 14.1. The van der Waals surface area contributed by atoms with Crippen LogP contribution in [0.2, 0.25) is 0 Å². The monoisotopic (exact) mass is 262 g/mol. The van der Waals surface area contributed by atoms with Crippen molar-refractivity contribution in [3.63, 3.8) is 0 Å². The van der Waals surface area contributed by atoms with Crippen molar-refractivity contribution in [2.45, 2.75) is 6.92 Å². The lowest BCUT2D eigenvalue weighted by atomic mass is 10.1. The lowest BCUT2D eigenvalue weighted by Gasteiger charge is -2.07. The summed E-state index contributed by atoms with van der Waals surface area (Å²) in [5.74, 6) is -0.166. The van der Waals surface area contributed by atoms with Crippen molar-refractivity contribution < 1.29 is 14.3 Å². The normalized spacial score (nSPS) is 9.53. The van der Waals surface area contributed by atoms with Crippen LogP contribution >= 0.6 is 0 Å². The van der Waals surface area contributed by atoms with Crippen LogP contribution in [0.25, 0.3) is 0 Å². The molecule has 1 aromatic rings. The molecule has 0 heterocycles. The van der Waals surface area contributed by atoms with Gasteiger partial charge in [-0.05, 0) is 19.1 Å². The highest BCUT2D eigenvalue weighted by molar-refractivity contribution is 5.94. The van der Waals surface area contributed by atoms with E-state index in [0.29, 0.717) is 18.7 Å². The van der Waals surface area contributed by atoms with E-state index >= 15 is 0 Å². The number of ether oxygens (including phenoxy) is 1. The predicted octanol–water partition coefficient (Wildman–Crippen LogP) is 1.64. The molecule has 0 atom stereocenters. The van der Waals surface area contributed by atoms with Gasteiger partial charge in [-0.1, -0.05) is 30.4 Å². The first-order valence-electron chi connectivity index (χ1n) is 6.00. The number of nitrogens with one attached hydrogen (secondary N) is 2. The van der Waals surface area contributed by atoms with Gasteiger partial charge in [-0.15, -0.1) is 0 Å². The van der Waals surface area contributed by atoms with Gasteiger partial charge in [-0.3, -0.25) is 4.79 Å². The molecule has 0 saturated carbocycles. The van der Waals surface area contributed by atoms with Gasteiger partial charge in [0.15, 0.2) is 0 Å². The van der Waals surface area contributed by atoms with Crippen molar-refractivity contribution in [3.05, 3.63) is 48.0 Å². The lowest BCUT2D eigenvalue weighted by Crippen LogP contribution is -2.35. The Morgan fingerprint density at radius 2 is 1.84 bits per heavy atom. The van der Waals surface area contributed by atoms with E-state index in [1.165, 1.54) is 6.08 Å². The van der Waals surface area contributed by atoms with Crippen LogP contribution < -0.4 is 10.6 Å². The molecular formula is C14H18N2O3. The quantitative estimate of drug-likeness (QED) is 0.605. The molecule has 5 nitrogen and oxygen atoms in total. The zero-order valence-electron chi connectivity index (χ0n) is 10.9. The zero-order valence-corrected chi connectivity index (χ0v) is 10.9. The molecule has 0 fully saturated rings. The Morgan fingerprint density at radius 1 is 1.21 bits per heavy atom. The fourth-order valence-electron chi connectivity index (χ4n) is 1.33. The Kier molecular flexibility index (Phi) is 6.15. The molecule has 0 bridgehead atoms. The summed E-state index contributed by atoms with van der Waals surface area (Å²) in [6.45, 7) is 6.21. The first kappa shape index (κ1) is 14.8. The van der Waals surface area contributed by atoms with Gasteiger partial charge in [0.05, 0.1) is 0 Å². The van der Waals surface area contributed by atoms with Crippen molar-refractivity contribution in [2.75, 3.05) is 19.7 Å². The average molecular weight is 262 g/mol. The molecule has 0 unspecified atom stereocenters. The van der Waals surface area contributed by atoms with Gasteiger partial charge in [-0.25, -0.2) is 4.79 Å². The third kappa shape index (κ3) is 5.72. The van der Waals surface area contributed by atoms with E-state index in [-0.39, 0.29) is 12.5 Å². The molecule has 0 spiro atoms. The van der Waals surface area contributed by atoms with Gasteiger partial charge in [0, 0.05) is 18.7 Å². The van der Waals surface area contributed by atoms with Crippen LogP contribution in [0.4, 0.5) is 4.79 Å². The van der Waals surface area contributed by atoms with Gasteiger partial charge >= 0.3 is 6.09 Å². The molecule has 1 aromatic carbocycles. The van der Waals surface area contributed by atoms with E-state index in [9.17, 15) is 9.59 Å². The van der Waals surface area contributed by atoms with E-state index in [0.717, 1.165) is 5.56 Å². The largest absolute Gasteiger partial charge is 0.445 e. The fourth-order valence-corrected chi connectivity index (χ4v) is 1.33. The Balaban J connectivity index is 2.22. The molecule has 0 aromatic heterocycles. The van der Waals surface area contributed by atoms with Crippen molar-refractivity contribution >= 4 is 12.0 Å². The number of carbonyl (C=O) groups is 2. The second kappa shape index (κ2) is 7.92. The van der Waals surface area contributed by atoms with E-state index in [4.69, 9.17) is 4.74 Å². The highest BCUT2D eigenvalue weighted by Crippen LogP contribution is 2.02. The Morgan fingerprint density at radius 3 is 2.47 bits per heavy atom. The van der Waals surface area contributed by atoms with Crippen molar-refractivity contribution in [3.8, 4) is 0 Å². The van der Waals surface area contributed by atoms with Gasteiger partial charge < -0.3 is 15.4 Å². The molecule has 2 N–H and O–H groups in total. The topological polar surface area (TPSA) is 67.4 Å². The van der Waals surface area contributed by atoms with Gasteiger partial charge in [0.2, 0.25) is 0 Å². The molecule has 1 rings (SSSR count). The molecule has 0 saturated heterocycles. The number of hydrogen-bond donors (Lipinski definition) is 2. The minimum atomic E-state index is -0.524. The maximum absolute atomic E-state index is 11.7. The second-order valence-electron chi connectivity index (χ2n) is 3.94. The number of benzene rings is 1. The molecule has 0 aliphatic rings. The van der Waals surface area contributed by atoms with Crippen LogP contribution in [0, 0.1) is 6.92 Å². The number of rotatable bonds is 6. The predicted molar refractivity (Wildman–Crippen MR) is 73.1 cm³/mol. The summed E-state index contributed by atoms with van der Waals surface area (Å²) in [4.78, 5) is 22.8. The van der Waals surface area contributed by atoms with Crippen LogP contribution in [-0.2, 0) is 4.74 Å². The molecule has 0 aliphatic carbocycles. The first-order chi connectivity index (χ1) is 9.13. The van der Waals surface area contributed by atoms with E-state index in [2.05, 4.69) is 17.2 Å². The van der Waals surface area contributed by atoms with Crippen LogP contribution in [0.1, 0.15) is 15.9 Å². The third-order valence-corrected chi connectivity index (χ3v) is 2.33. The Labute approximate surface area is 112 Å². The smallest absolute Gasteiger partial charge is 0.407 e. The molecule has 0 radical (unpaired) electrons. The van der Waals surface area contributed by atoms with Gasteiger partial charge in [-0.2, -0.15) is 0 Å². The number of aryl methyl sites for hydroxylation is 1. The molecule has 0 aliphatic heterocycles. The first-order valence-corrected chi connectivity index (χ1v) is 6.00. The number of alkyl carbamates (subject to hydrolysis) is 1. The lowest BCUT2D eigenvalue weighted by molar-refractivity contribution is 0.0952. The standard InChI is InChI=1S/C14H18N2O3/c1-3-10-19-14(18)16-9-8-15-13(17)12-6-4-11(2)5-7-12/h3-7H,1,8-10H2,2H3,(H,15,17)(H,16,18). The SMILES string of the molecule is C=CCOC(=O)NCCNC(=O)c1ccc(C)cc1. The molecule has 2 amide bonds. The minimum Gasteiger partial charge on any atom is -0.445 e. The average Bonchev–Trinajstić information content (AvgIpc) is 2.41. The van der Waals surface area contributed by atoms with E-state index in [1.54, 1.807) is 12.1 Å². The molecule has 102 valence electrons. The van der Waals surface area contributed by atoms with Crippen LogP contribution in [0.15, 0.2) is 36.9 Å².